The van der Waals surface area contributed by atoms with Gasteiger partial charge in [0.05, 0.1) is 6.54 Å². The zero-order valence-electron chi connectivity index (χ0n) is 6.35. The molecule has 0 saturated carbocycles. The van der Waals surface area contributed by atoms with Crippen molar-refractivity contribution in [1.82, 2.24) is 4.98 Å². The molecule has 1 aliphatic rings. The number of aromatic nitrogens is 2. The number of H-pyrrole nitrogens is 1. The van der Waals surface area contributed by atoms with Gasteiger partial charge in [-0.15, -0.1) is 0 Å². The molecule has 1 aromatic rings. The second-order valence-electron chi connectivity index (χ2n) is 2.99. The first kappa shape index (κ1) is 5.96. The van der Waals surface area contributed by atoms with Crippen molar-refractivity contribution in [3.05, 3.63) is 17.7 Å². The molecule has 0 bridgehead atoms. The second kappa shape index (κ2) is 2.11. The van der Waals surface area contributed by atoms with E-state index in [1.807, 2.05) is 0 Å². The van der Waals surface area contributed by atoms with Gasteiger partial charge in [0.2, 0.25) is 0 Å². The van der Waals surface area contributed by atoms with Gasteiger partial charge in [-0.2, -0.15) is 0 Å². The highest BCUT2D eigenvalue weighted by atomic mass is 15.1. The van der Waals surface area contributed by atoms with Crippen molar-refractivity contribution in [1.29, 1.82) is 0 Å². The summed E-state index contributed by atoms with van der Waals surface area (Å²) in [6, 6.07) is 0. The maximum atomic E-state index is 3.29. The number of aromatic amines is 1. The average Bonchev–Trinajstić information content (AvgIpc) is 2.34. The van der Waals surface area contributed by atoms with Gasteiger partial charge < -0.3 is 0 Å². The van der Waals surface area contributed by atoms with Gasteiger partial charge in [-0.25, -0.2) is 9.55 Å². The number of hydrogen-bond acceptors (Lipinski definition) is 0. The zero-order chi connectivity index (χ0) is 6.97. The number of nitrogens with one attached hydrogen (secondary N) is 1. The molecule has 0 aliphatic carbocycles. The second-order valence-corrected chi connectivity index (χ2v) is 2.99. The summed E-state index contributed by atoms with van der Waals surface area (Å²) < 4.78 is 2.38. The Morgan fingerprint density at radius 1 is 1.50 bits per heavy atom. The Hall–Kier alpha value is -0.790. The monoisotopic (exact) mass is 137 g/mol. The molecule has 54 valence electrons. The fourth-order valence-electron chi connectivity index (χ4n) is 1.64. The van der Waals surface area contributed by atoms with Crippen LogP contribution in [0.4, 0.5) is 0 Å². The fourth-order valence-corrected chi connectivity index (χ4v) is 1.64. The van der Waals surface area contributed by atoms with Crippen LogP contribution in [0.3, 0.4) is 0 Å². The van der Waals surface area contributed by atoms with E-state index in [1.165, 1.54) is 37.3 Å². The standard InChI is InChI=1S/C8H12N2/c1-7-6-9-8-4-2-3-5-10(7)8/h6H,2-5H2,1H3/p+1. The number of nitrogens with zero attached hydrogens (tertiary/aromatic N) is 1. The lowest BCUT2D eigenvalue weighted by Gasteiger charge is -2.07. The van der Waals surface area contributed by atoms with Gasteiger partial charge in [0.15, 0.2) is 0 Å². The smallest absolute Gasteiger partial charge is 0.247 e. The predicted octanol–water partition coefficient (Wildman–Crippen LogP) is 0.947. The Balaban J connectivity index is 2.45. The lowest BCUT2D eigenvalue weighted by molar-refractivity contribution is -0.713. The molecular weight excluding hydrogens is 124 g/mol. The third kappa shape index (κ3) is 0.753. The minimum Gasteiger partial charge on any atom is -0.247 e. The van der Waals surface area contributed by atoms with Crippen molar-refractivity contribution in [2.45, 2.75) is 32.7 Å². The molecular formula is C8H13N2+. The van der Waals surface area contributed by atoms with Crippen LogP contribution >= 0.6 is 0 Å². The third-order valence-corrected chi connectivity index (χ3v) is 2.24. The molecule has 1 aliphatic heterocycles. The van der Waals surface area contributed by atoms with Crippen LogP contribution in [0.15, 0.2) is 6.20 Å². The normalized spacial score (nSPS) is 16.9. The van der Waals surface area contributed by atoms with Crippen LogP contribution in [0.2, 0.25) is 0 Å². The van der Waals surface area contributed by atoms with E-state index in [0.717, 1.165) is 0 Å². The number of fused-ring (bicyclic) bond motifs is 1. The van der Waals surface area contributed by atoms with Crippen LogP contribution in [-0.2, 0) is 13.0 Å². The van der Waals surface area contributed by atoms with E-state index in [-0.39, 0.29) is 0 Å². The Bertz CT molecular complexity index is 237. The number of aryl methyl sites for hydroxylation is 2. The Morgan fingerprint density at radius 3 is 3.20 bits per heavy atom. The van der Waals surface area contributed by atoms with Crippen LogP contribution < -0.4 is 4.57 Å². The first-order chi connectivity index (χ1) is 4.88. The highest BCUT2D eigenvalue weighted by Gasteiger charge is 2.17. The van der Waals surface area contributed by atoms with Gasteiger partial charge >= 0.3 is 0 Å². The van der Waals surface area contributed by atoms with E-state index in [1.54, 1.807) is 0 Å². The molecule has 2 nitrogen and oxygen atoms in total. The number of hydrogen-bond donors (Lipinski definition) is 1. The predicted molar refractivity (Wildman–Crippen MR) is 38.7 cm³/mol. The summed E-state index contributed by atoms with van der Waals surface area (Å²) in [4.78, 5) is 3.29. The molecule has 10 heavy (non-hydrogen) atoms. The molecule has 0 atom stereocenters. The third-order valence-electron chi connectivity index (χ3n) is 2.24. The first-order valence-electron chi connectivity index (χ1n) is 3.94. The summed E-state index contributed by atoms with van der Waals surface area (Å²) in [7, 11) is 0. The Labute approximate surface area is 60.9 Å². The van der Waals surface area contributed by atoms with Gasteiger partial charge in [-0.05, 0) is 12.8 Å². The van der Waals surface area contributed by atoms with Gasteiger partial charge in [0.1, 0.15) is 11.9 Å². The quantitative estimate of drug-likeness (QED) is 0.514. The van der Waals surface area contributed by atoms with E-state index >= 15 is 0 Å². The van der Waals surface area contributed by atoms with E-state index in [9.17, 15) is 0 Å². The maximum absolute atomic E-state index is 3.29. The SMILES string of the molecule is Cc1c[nH]c2[n+]1CCCC2. The van der Waals surface area contributed by atoms with Gasteiger partial charge in [-0.1, -0.05) is 0 Å². The van der Waals surface area contributed by atoms with E-state index in [2.05, 4.69) is 22.7 Å². The minimum absolute atomic E-state index is 1.21. The molecule has 1 N–H and O–H groups in total. The van der Waals surface area contributed by atoms with Crippen molar-refractivity contribution in [3.63, 3.8) is 0 Å². The first-order valence-corrected chi connectivity index (χ1v) is 3.94. The Kier molecular flexibility index (Phi) is 1.26. The van der Waals surface area contributed by atoms with Crippen LogP contribution in [0, 0.1) is 6.92 Å². The van der Waals surface area contributed by atoms with E-state index < -0.39 is 0 Å². The molecule has 1 aromatic heterocycles. The largest absolute Gasteiger partial charge is 0.254 e. The topological polar surface area (TPSA) is 19.7 Å². The van der Waals surface area contributed by atoms with E-state index in [0.29, 0.717) is 0 Å². The summed E-state index contributed by atoms with van der Waals surface area (Å²) >= 11 is 0. The summed E-state index contributed by atoms with van der Waals surface area (Å²) in [6.07, 6.45) is 6.02. The maximum Gasteiger partial charge on any atom is 0.254 e. The van der Waals surface area contributed by atoms with Crippen molar-refractivity contribution in [2.75, 3.05) is 0 Å². The molecule has 2 heteroatoms. The van der Waals surface area contributed by atoms with Gasteiger partial charge in [-0.3, -0.25) is 0 Å². The van der Waals surface area contributed by atoms with Crippen molar-refractivity contribution < 1.29 is 4.57 Å². The van der Waals surface area contributed by atoms with Crippen LogP contribution in [0.25, 0.3) is 0 Å². The lowest BCUT2D eigenvalue weighted by atomic mass is 10.2. The van der Waals surface area contributed by atoms with Crippen molar-refractivity contribution in [2.24, 2.45) is 0 Å². The average molecular weight is 137 g/mol. The van der Waals surface area contributed by atoms with Crippen molar-refractivity contribution >= 4 is 0 Å². The minimum atomic E-state index is 1.21. The molecule has 0 spiro atoms. The molecule has 0 amide bonds. The highest BCUT2D eigenvalue weighted by Crippen LogP contribution is 2.06. The molecule has 2 heterocycles. The summed E-state index contributed by atoms with van der Waals surface area (Å²) in [5.41, 5.74) is 1.37. The van der Waals surface area contributed by atoms with E-state index in [4.69, 9.17) is 0 Å². The van der Waals surface area contributed by atoms with Crippen molar-refractivity contribution in [3.8, 4) is 0 Å². The molecule has 0 unspecified atom stereocenters. The summed E-state index contributed by atoms with van der Waals surface area (Å²) in [6.45, 7) is 3.37. The van der Waals surface area contributed by atoms with Crippen LogP contribution in [0.5, 0.6) is 0 Å². The Morgan fingerprint density at radius 2 is 2.40 bits per heavy atom. The van der Waals surface area contributed by atoms with Crippen LogP contribution in [0.1, 0.15) is 24.4 Å². The molecule has 0 fully saturated rings. The molecule has 0 radical (unpaired) electrons. The summed E-state index contributed by atoms with van der Waals surface area (Å²) in [5, 5.41) is 0. The van der Waals surface area contributed by atoms with Gasteiger partial charge in [0, 0.05) is 13.3 Å². The van der Waals surface area contributed by atoms with Gasteiger partial charge in [0.25, 0.3) is 5.82 Å². The molecule has 0 aromatic carbocycles. The molecule has 0 saturated heterocycles. The number of imidazole rings is 1. The fraction of sp³-hybridized carbons (Fsp3) is 0.625. The lowest BCUT2D eigenvalue weighted by Crippen LogP contribution is -2.41. The highest BCUT2D eigenvalue weighted by molar-refractivity contribution is 4.89. The summed E-state index contributed by atoms with van der Waals surface area (Å²) in [5.74, 6) is 1.41. The van der Waals surface area contributed by atoms with Crippen LogP contribution in [-0.4, -0.2) is 4.98 Å². The zero-order valence-corrected chi connectivity index (χ0v) is 6.35. The molecule has 2 rings (SSSR count). The number of rotatable bonds is 0.